The summed E-state index contributed by atoms with van der Waals surface area (Å²) in [6, 6.07) is 11.0. The molecule has 0 radical (unpaired) electrons. The Kier molecular flexibility index (Phi) is 6.20. The highest BCUT2D eigenvalue weighted by molar-refractivity contribution is 6.36. The van der Waals surface area contributed by atoms with Crippen LogP contribution in [0.1, 0.15) is 5.56 Å². The van der Waals surface area contributed by atoms with E-state index in [9.17, 15) is 8.78 Å². The minimum Gasteiger partial charge on any atom is -0.379 e. The van der Waals surface area contributed by atoms with Gasteiger partial charge in [0.05, 0.1) is 0 Å². The minimum atomic E-state index is -1.99. The fourth-order valence-electron chi connectivity index (χ4n) is 2.08. The maximum atomic E-state index is 13.7. The van der Waals surface area contributed by atoms with Crippen LogP contribution in [0.25, 0.3) is 11.1 Å². The Morgan fingerprint density at radius 2 is 1.64 bits per heavy atom. The summed E-state index contributed by atoms with van der Waals surface area (Å²) in [6.45, 7) is 0.503. The zero-order chi connectivity index (χ0) is 15.9. The van der Waals surface area contributed by atoms with E-state index in [0.29, 0.717) is 24.2 Å². The van der Waals surface area contributed by atoms with Crippen molar-refractivity contribution in [2.45, 2.75) is 6.42 Å². The smallest absolute Gasteiger partial charge is 0.379 e. The van der Waals surface area contributed by atoms with Gasteiger partial charge in [0.2, 0.25) is 0 Å². The van der Waals surface area contributed by atoms with Gasteiger partial charge in [0.1, 0.15) is 11.6 Å². The van der Waals surface area contributed by atoms with Crippen molar-refractivity contribution in [3.8, 4) is 11.1 Å². The van der Waals surface area contributed by atoms with E-state index < -0.39 is 21.2 Å². The zero-order valence-corrected chi connectivity index (χ0v) is 13.7. The van der Waals surface area contributed by atoms with E-state index in [0.717, 1.165) is 11.6 Å². The molecule has 2 aromatic carbocycles. The van der Waals surface area contributed by atoms with Crippen molar-refractivity contribution in [1.82, 2.24) is 0 Å². The average Bonchev–Trinajstić information content (AvgIpc) is 2.52. The van der Waals surface area contributed by atoms with Gasteiger partial charge in [-0.1, -0.05) is 24.3 Å². The van der Waals surface area contributed by atoms with Gasteiger partial charge < -0.3 is 13.3 Å². The molecule has 0 saturated carbocycles. The van der Waals surface area contributed by atoms with E-state index in [-0.39, 0.29) is 0 Å². The van der Waals surface area contributed by atoms with Crippen LogP contribution in [-0.4, -0.2) is 30.4 Å². The Labute approximate surface area is 130 Å². The van der Waals surface area contributed by atoms with Gasteiger partial charge in [0, 0.05) is 32.5 Å². The van der Waals surface area contributed by atoms with Crippen molar-refractivity contribution < 1.29 is 22.1 Å². The summed E-state index contributed by atoms with van der Waals surface area (Å²) in [7, 11) is 1.13. The number of rotatable bonds is 7. The maximum absolute atomic E-state index is 13.7. The van der Waals surface area contributed by atoms with E-state index in [1.807, 2.05) is 24.3 Å². The Balaban J connectivity index is 1.98. The largest absolute Gasteiger partial charge is 0.483 e. The molecule has 0 heterocycles. The average molecular weight is 324 g/mol. The monoisotopic (exact) mass is 324 g/mol. The van der Waals surface area contributed by atoms with E-state index in [4.69, 9.17) is 13.3 Å². The summed E-state index contributed by atoms with van der Waals surface area (Å²) >= 11 is 0. The molecule has 0 amide bonds. The molecule has 22 heavy (non-hydrogen) atoms. The van der Waals surface area contributed by atoms with Gasteiger partial charge in [-0.05, 0) is 29.7 Å². The summed E-state index contributed by atoms with van der Waals surface area (Å²) in [5.41, 5.74) is 2.16. The van der Waals surface area contributed by atoms with Crippen molar-refractivity contribution in [1.29, 1.82) is 0 Å². The second-order valence-electron chi connectivity index (χ2n) is 4.70. The molecule has 0 N–H and O–H groups in total. The van der Waals surface area contributed by atoms with Crippen molar-refractivity contribution in [3.05, 3.63) is 59.7 Å². The highest BCUT2D eigenvalue weighted by Gasteiger charge is 2.10. The van der Waals surface area contributed by atoms with Gasteiger partial charge in [-0.2, -0.15) is 0 Å². The SMILES string of the molecule is CO[SiH](OC)OCCc1ccc(-c2ccc(F)cc2F)cc1. The van der Waals surface area contributed by atoms with Crippen LogP contribution in [0.3, 0.4) is 0 Å². The third kappa shape index (κ3) is 4.44. The lowest BCUT2D eigenvalue weighted by Crippen LogP contribution is -2.24. The zero-order valence-electron chi connectivity index (χ0n) is 12.5. The molecule has 2 rings (SSSR count). The standard InChI is InChI=1S/C16H18F2O3Si/c1-19-22(20-2)21-10-9-12-3-5-13(6-4-12)15-8-7-14(17)11-16(15)18/h3-8,11,22H,9-10H2,1-2H3. The van der Waals surface area contributed by atoms with Crippen LogP contribution in [0.2, 0.25) is 0 Å². The summed E-state index contributed by atoms with van der Waals surface area (Å²) in [6.07, 6.45) is 0.711. The van der Waals surface area contributed by atoms with Gasteiger partial charge in [-0.3, -0.25) is 0 Å². The van der Waals surface area contributed by atoms with Crippen LogP contribution in [-0.2, 0) is 19.7 Å². The number of hydrogen-bond acceptors (Lipinski definition) is 3. The molecule has 118 valence electrons. The summed E-state index contributed by atoms with van der Waals surface area (Å²) < 4.78 is 42.2. The van der Waals surface area contributed by atoms with Crippen LogP contribution in [0, 0.1) is 11.6 Å². The summed E-state index contributed by atoms with van der Waals surface area (Å²) in [4.78, 5) is 0. The first kappa shape index (κ1) is 16.8. The second kappa shape index (κ2) is 8.14. The first-order valence-electron chi connectivity index (χ1n) is 6.85. The Morgan fingerprint density at radius 1 is 0.955 bits per heavy atom. The first-order valence-corrected chi connectivity index (χ1v) is 8.27. The lowest BCUT2D eigenvalue weighted by atomic mass is 10.0. The van der Waals surface area contributed by atoms with Crippen molar-refractivity contribution >= 4 is 9.53 Å². The second-order valence-corrected chi connectivity index (χ2v) is 6.56. The molecule has 0 aliphatic rings. The number of benzene rings is 2. The molecule has 0 bridgehead atoms. The third-order valence-corrected chi connectivity index (χ3v) is 4.50. The lowest BCUT2D eigenvalue weighted by Gasteiger charge is -2.11. The minimum absolute atomic E-state index is 0.385. The molecule has 0 atom stereocenters. The molecule has 0 aliphatic heterocycles. The normalized spacial score (nSPS) is 11.1. The quantitative estimate of drug-likeness (QED) is 0.732. The fraction of sp³-hybridized carbons (Fsp3) is 0.250. The van der Waals surface area contributed by atoms with Crippen molar-refractivity contribution in [2.75, 3.05) is 20.8 Å². The van der Waals surface area contributed by atoms with E-state index in [1.165, 1.54) is 12.1 Å². The van der Waals surface area contributed by atoms with Gasteiger partial charge in [0.15, 0.2) is 0 Å². The van der Waals surface area contributed by atoms with Crippen LogP contribution in [0.4, 0.5) is 8.78 Å². The molecule has 3 nitrogen and oxygen atoms in total. The predicted octanol–water partition coefficient (Wildman–Crippen LogP) is 3.20. The van der Waals surface area contributed by atoms with Crippen molar-refractivity contribution in [3.63, 3.8) is 0 Å². The van der Waals surface area contributed by atoms with Crippen LogP contribution in [0.15, 0.2) is 42.5 Å². The van der Waals surface area contributed by atoms with Crippen LogP contribution >= 0.6 is 0 Å². The fourth-order valence-corrected chi connectivity index (χ4v) is 2.85. The molecular formula is C16H18F2O3Si. The van der Waals surface area contributed by atoms with E-state index in [1.54, 1.807) is 14.2 Å². The first-order chi connectivity index (χ1) is 10.6. The Bertz CT molecular complexity index is 601. The van der Waals surface area contributed by atoms with Crippen molar-refractivity contribution in [2.24, 2.45) is 0 Å². The Hall–Kier alpha value is -1.60. The highest BCUT2D eigenvalue weighted by atomic mass is 28.3. The van der Waals surface area contributed by atoms with Gasteiger partial charge in [0.25, 0.3) is 0 Å². The molecule has 0 saturated heterocycles. The van der Waals surface area contributed by atoms with Gasteiger partial charge in [-0.25, -0.2) is 8.78 Å². The predicted molar refractivity (Wildman–Crippen MR) is 82.6 cm³/mol. The molecule has 0 aromatic heterocycles. The molecule has 2 aromatic rings. The van der Waals surface area contributed by atoms with E-state index in [2.05, 4.69) is 0 Å². The maximum Gasteiger partial charge on any atom is 0.483 e. The number of hydrogen-bond donors (Lipinski definition) is 0. The molecule has 0 unspecified atom stereocenters. The van der Waals surface area contributed by atoms with Gasteiger partial charge >= 0.3 is 9.53 Å². The molecular weight excluding hydrogens is 306 g/mol. The Morgan fingerprint density at radius 3 is 2.23 bits per heavy atom. The third-order valence-electron chi connectivity index (χ3n) is 3.23. The number of halogens is 2. The lowest BCUT2D eigenvalue weighted by molar-refractivity contribution is 0.137. The molecule has 0 fully saturated rings. The molecule has 0 aliphatic carbocycles. The summed E-state index contributed by atoms with van der Waals surface area (Å²) in [5, 5.41) is 0. The van der Waals surface area contributed by atoms with Crippen LogP contribution in [0.5, 0.6) is 0 Å². The molecule has 0 spiro atoms. The van der Waals surface area contributed by atoms with E-state index >= 15 is 0 Å². The van der Waals surface area contributed by atoms with Gasteiger partial charge in [-0.15, -0.1) is 0 Å². The topological polar surface area (TPSA) is 27.7 Å². The highest BCUT2D eigenvalue weighted by Crippen LogP contribution is 2.23. The molecule has 6 heteroatoms. The summed E-state index contributed by atoms with van der Waals surface area (Å²) in [5.74, 6) is -1.14. The van der Waals surface area contributed by atoms with Crippen LogP contribution < -0.4 is 0 Å².